The van der Waals surface area contributed by atoms with Gasteiger partial charge in [-0.3, -0.25) is 4.79 Å². The number of unbranched alkanes of at least 4 members (excludes halogenated alkanes) is 1. The molecule has 0 aromatic heterocycles. The molecular weight excluding hydrogens is 234 g/mol. The first-order chi connectivity index (χ1) is 8.20. The zero-order chi connectivity index (χ0) is 14.2. The third kappa shape index (κ3) is 11.2. The van der Waals surface area contributed by atoms with Gasteiger partial charge in [0.25, 0.3) is 0 Å². The Kier molecular flexibility index (Phi) is 7.39. The minimum atomic E-state index is -0.755. The lowest BCUT2D eigenvalue weighted by Gasteiger charge is -2.19. The zero-order valence-corrected chi connectivity index (χ0v) is 11.8. The molecule has 0 spiro atoms. The van der Waals surface area contributed by atoms with Crippen LogP contribution in [-0.4, -0.2) is 29.3 Å². The molecule has 5 heteroatoms. The highest BCUT2D eigenvalue weighted by Crippen LogP contribution is 2.11. The van der Waals surface area contributed by atoms with Crippen LogP contribution in [-0.2, 0) is 9.53 Å². The molecule has 0 rings (SSSR count). The summed E-state index contributed by atoms with van der Waals surface area (Å²) in [6, 6.07) is 0. The molecule has 106 valence electrons. The van der Waals surface area contributed by atoms with Crippen LogP contribution in [0.25, 0.3) is 0 Å². The maximum absolute atomic E-state index is 11.3. The van der Waals surface area contributed by atoms with Crippen molar-refractivity contribution >= 4 is 12.1 Å². The highest BCUT2D eigenvalue weighted by molar-refractivity contribution is 5.67. The molecule has 0 aliphatic rings. The molecule has 0 aliphatic carbocycles. The van der Waals surface area contributed by atoms with Crippen LogP contribution in [0.15, 0.2) is 0 Å². The third-order valence-corrected chi connectivity index (χ3v) is 2.32. The van der Waals surface area contributed by atoms with Crippen LogP contribution < -0.4 is 5.32 Å². The Hall–Kier alpha value is -1.26. The predicted octanol–water partition coefficient (Wildman–Crippen LogP) is 2.79. The van der Waals surface area contributed by atoms with Crippen molar-refractivity contribution in [1.82, 2.24) is 5.32 Å². The summed E-state index contributed by atoms with van der Waals surface area (Å²) in [6.45, 7) is 7.95. The van der Waals surface area contributed by atoms with Gasteiger partial charge >= 0.3 is 12.1 Å². The van der Waals surface area contributed by atoms with E-state index in [1.165, 1.54) is 0 Å². The van der Waals surface area contributed by atoms with E-state index in [9.17, 15) is 9.59 Å². The molecule has 1 amide bonds. The Labute approximate surface area is 109 Å². The van der Waals surface area contributed by atoms with E-state index in [4.69, 9.17) is 9.84 Å². The maximum Gasteiger partial charge on any atom is 0.407 e. The number of amides is 1. The van der Waals surface area contributed by atoms with Gasteiger partial charge in [0.2, 0.25) is 0 Å². The normalized spacial score (nSPS) is 12.9. The van der Waals surface area contributed by atoms with E-state index >= 15 is 0 Å². The number of hydrogen-bond donors (Lipinski definition) is 2. The summed E-state index contributed by atoms with van der Waals surface area (Å²) in [4.78, 5) is 21.7. The second-order valence-electron chi connectivity index (χ2n) is 5.63. The van der Waals surface area contributed by atoms with Gasteiger partial charge in [0, 0.05) is 13.0 Å². The molecule has 5 nitrogen and oxygen atoms in total. The Balaban J connectivity index is 3.51. The number of carboxylic acids is 1. The molecule has 0 aromatic rings. The number of aliphatic carboxylic acids is 1. The molecule has 0 heterocycles. The third-order valence-electron chi connectivity index (χ3n) is 2.32. The minimum Gasteiger partial charge on any atom is -0.481 e. The summed E-state index contributed by atoms with van der Waals surface area (Å²) >= 11 is 0. The predicted molar refractivity (Wildman–Crippen MR) is 69.5 cm³/mol. The van der Waals surface area contributed by atoms with E-state index in [-0.39, 0.29) is 12.3 Å². The number of rotatable bonds is 7. The summed E-state index contributed by atoms with van der Waals surface area (Å²) in [6.07, 6.45) is 2.41. The summed E-state index contributed by atoms with van der Waals surface area (Å²) in [5.41, 5.74) is -0.472. The Morgan fingerprint density at radius 2 is 1.89 bits per heavy atom. The van der Waals surface area contributed by atoms with Crippen molar-refractivity contribution in [2.45, 2.75) is 59.0 Å². The zero-order valence-electron chi connectivity index (χ0n) is 11.8. The van der Waals surface area contributed by atoms with E-state index in [0.717, 1.165) is 19.3 Å². The number of carbonyl (C=O) groups is 2. The van der Waals surface area contributed by atoms with Gasteiger partial charge in [-0.05, 0) is 33.1 Å². The largest absolute Gasteiger partial charge is 0.481 e. The van der Waals surface area contributed by atoms with Crippen LogP contribution >= 0.6 is 0 Å². The van der Waals surface area contributed by atoms with Crippen molar-refractivity contribution in [2.24, 2.45) is 5.92 Å². The lowest BCUT2D eigenvalue weighted by Crippen LogP contribution is -2.33. The first kappa shape index (κ1) is 16.7. The number of hydrogen-bond acceptors (Lipinski definition) is 3. The summed E-state index contributed by atoms with van der Waals surface area (Å²) < 4.78 is 5.09. The van der Waals surface area contributed by atoms with Gasteiger partial charge in [-0.2, -0.15) is 0 Å². The van der Waals surface area contributed by atoms with E-state index < -0.39 is 17.7 Å². The van der Waals surface area contributed by atoms with Crippen LogP contribution in [0.1, 0.15) is 53.4 Å². The number of ether oxygens (including phenoxy) is 1. The molecule has 2 N–H and O–H groups in total. The van der Waals surface area contributed by atoms with E-state index in [1.54, 1.807) is 0 Å². The van der Waals surface area contributed by atoms with Crippen molar-refractivity contribution < 1.29 is 19.4 Å². The van der Waals surface area contributed by atoms with Crippen molar-refractivity contribution in [3.8, 4) is 0 Å². The molecule has 0 saturated heterocycles. The van der Waals surface area contributed by atoms with E-state index in [1.807, 2.05) is 27.7 Å². The highest BCUT2D eigenvalue weighted by Gasteiger charge is 2.15. The first-order valence-corrected chi connectivity index (χ1v) is 6.39. The maximum atomic E-state index is 11.3. The van der Waals surface area contributed by atoms with Crippen molar-refractivity contribution in [3.05, 3.63) is 0 Å². The van der Waals surface area contributed by atoms with Crippen LogP contribution in [0.2, 0.25) is 0 Å². The molecule has 0 bridgehead atoms. The average molecular weight is 259 g/mol. The lowest BCUT2D eigenvalue weighted by molar-refractivity contribution is -0.138. The molecule has 0 radical (unpaired) electrons. The molecule has 0 fully saturated rings. The monoisotopic (exact) mass is 259 g/mol. The van der Waals surface area contributed by atoms with Crippen molar-refractivity contribution in [1.29, 1.82) is 0 Å². The van der Waals surface area contributed by atoms with Gasteiger partial charge in [0.15, 0.2) is 0 Å². The average Bonchev–Trinajstić information content (AvgIpc) is 2.12. The Morgan fingerprint density at radius 1 is 1.28 bits per heavy atom. The van der Waals surface area contributed by atoms with E-state index in [2.05, 4.69) is 5.32 Å². The van der Waals surface area contributed by atoms with Gasteiger partial charge in [-0.1, -0.05) is 19.8 Å². The molecule has 0 aromatic carbocycles. The van der Waals surface area contributed by atoms with Crippen molar-refractivity contribution in [2.75, 3.05) is 6.54 Å². The number of carbonyl (C=O) groups excluding carboxylic acids is 1. The Bertz CT molecular complexity index is 271. The fourth-order valence-corrected chi connectivity index (χ4v) is 1.52. The quantitative estimate of drug-likeness (QED) is 0.689. The van der Waals surface area contributed by atoms with E-state index in [0.29, 0.717) is 6.54 Å². The summed E-state index contributed by atoms with van der Waals surface area (Å²) in [7, 11) is 0. The van der Waals surface area contributed by atoms with Crippen LogP contribution in [0.5, 0.6) is 0 Å². The highest BCUT2D eigenvalue weighted by atomic mass is 16.6. The van der Waals surface area contributed by atoms with Gasteiger partial charge in [-0.25, -0.2) is 4.79 Å². The van der Waals surface area contributed by atoms with Crippen LogP contribution in [0.3, 0.4) is 0 Å². The van der Waals surface area contributed by atoms with Crippen LogP contribution in [0.4, 0.5) is 4.79 Å². The first-order valence-electron chi connectivity index (χ1n) is 6.39. The summed E-state index contributed by atoms with van der Waals surface area (Å²) in [5.74, 6) is -0.571. The molecule has 0 saturated carbocycles. The minimum absolute atomic E-state index is 0.184. The van der Waals surface area contributed by atoms with Gasteiger partial charge in [-0.15, -0.1) is 0 Å². The second kappa shape index (κ2) is 7.95. The second-order valence-corrected chi connectivity index (χ2v) is 5.63. The molecule has 18 heavy (non-hydrogen) atoms. The standard InChI is InChI=1S/C13H25NO4/c1-10(9-11(15)16)7-5-6-8-14-12(17)18-13(2,3)4/h10H,5-9H2,1-4H3,(H,14,17)(H,15,16). The topological polar surface area (TPSA) is 75.6 Å². The molecule has 1 atom stereocenters. The van der Waals surface area contributed by atoms with Crippen molar-refractivity contribution in [3.63, 3.8) is 0 Å². The fraction of sp³-hybridized carbons (Fsp3) is 0.846. The SMILES string of the molecule is CC(CCCCNC(=O)OC(C)(C)C)CC(=O)O. The van der Waals surface area contributed by atoms with Gasteiger partial charge in [0.1, 0.15) is 5.60 Å². The molecule has 0 aliphatic heterocycles. The number of carboxylic acid groups (broad SMARTS) is 1. The fourth-order valence-electron chi connectivity index (χ4n) is 1.52. The van der Waals surface area contributed by atoms with Gasteiger partial charge in [0.05, 0.1) is 0 Å². The molecular formula is C13H25NO4. The lowest BCUT2D eigenvalue weighted by atomic mass is 10.0. The molecule has 1 unspecified atom stereocenters. The summed E-state index contributed by atoms with van der Waals surface area (Å²) in [5, 5.41) is 11.3. The Morgan fingerprint density at radius 3 is 2.39 bits per heavy atom. The van der Waals surface area contributed by atoms with Crippen LogP contribution in [0, 0.1) is 5.92 Å². The number of alkyl carbamates (subject to hydrolysis) is 1. The van der Waals surface area contributed by atoms with Gasteiger partial charge < -0.3 is 15.2 Å². The number of nitrogens with one attached hydrogen (secondary N) is 1. The smallest absolute Gasteiger partial charge is 0.407 e.